The number of anilines is 1. The van der Waals surface area contributed by atoms with Gasteiger partial charge in [-0.2, -0.15) is 0 Å². The minimum Gasteiger partial charge on any atom is -0.508 e. The van der Waals surface area contributed by atoms with E-state index in [0.717, 1.165) is 25.3 Å². The minimum absolute atomic E-state index is 0.274. The highest BCUT2D eigenvalue weighted by Crippen LogP contribution is 2.26. The quantitative estimate of drug-likeness (QED) is 0.677. The molecule has 2 N–H and O–H groups in total. The summed E-state index contributed by atoms with van der Waals surface area (Å²) in [5.74, 6) is 0.322. The van der Waals surface area contributed by atoms with Crippen molar-refractivity contribution in [2.75, 3.05) is 31.6 Å². The Morgan fingerprint density at radius 1 is 1.15 bits per heavy atom. The molecule has 0 saturated carbocycles. The van der Waals surface area contributed by atoms with Crippen LogP contribution in [0.4, 0.5) is 5.69 Å². The molecule has 1 rings (SSSR count). The Labute approximate surface area is 124 Å². The van der Waals surface area contributed by atoms with Crippen LogP contribution >= 0.6 is 0 Å². The smallest absolute Gasteiger partial charge is 0.115 e. The van der Waals surface area contributed by atoms with E-state index in [1.54, 1.807) is 12.1 Å². The zero-order chi connectivity index (χ0) is 15.0. The van der Waals surface area contributed by atoms with Crippen molar-refractivity contribution >= 4 is 5.69 Å². The molecule has 1 unspecified atom stereocenters. The van der Waals surface area contributed by atoms with Crippen LogP contribution in [0.15, 0.2) is 24.3 Å². The lowest BCUT2D eigenvalue weighted by molar-refractivity contribution is 0.284. The number of rotatable bonds is 9. The number of nitrogens with zero attached hydrogens (tertiary/aromatic N) is 1. The second-order valence-electron chi connectivity index (χ2n) is 6.11. The van der Waals surface area contributed by atoms with E-state index in [1.165, 1.54) is 19.3 Å². The van der Waals surface area contributed by atoms with Crippen molar-refractivity contribution in [2.24, 2.45) is 5.41 Å². The third-order valence-electron chi connectivity index (χ3n) is 3.74. The highest BCUT2D eigenvalue weighted by molar-refractivity contribution is 5.48. The number of nitrogens with one attached hydrogen (secondary N) is 1. The van der Waals surface area contributed by atoms with E-state index in [-0.39, 0.29) is 5.41 Å². The van der Waals surface area contributed by atoms with Gasteiger partial charge in [-0.05, 0) is 49.1 Å². The topological polar surface area (TPSA) is 35.5 Å². The molecule has 0 spiro atoms. The van der Waals surface area contributed by atoms with Crippen LogP contribution in [0.25, 0.3) is 0 Å². The standard InChI is InChI=1S/C17H30N2O/c1-5-11-17(3,13-18-12-6-2)14-19(4)15-7-9-16(20)10-8-15/h7-10,18,20H,5-6,11-14H2,1-4H3. The minimum atomic E-state index is 0.274. The lowest BCUT2D eigenvalue weighted by Gasteiger charge is -2.35. The maximum atomic E-state index is 9.37. The molecule has 0 fully saturated rings. The van der Waals surface area contributed by atoms with Gasteiger partial charge >= 0.3 is 0 Å². The molecule has 0 aliphatic rings. The van der Waals surface area contributed by atoms with Gasteiger partial charge in [0, 0.05) is 25.8 Å². The van der Waals surface area contributed by atoms with Crippen molar-refractivity contribution in [1.82, 2.24) is 5.32 Å². The van der Waals surface area contributed by atoms with Crippen LogP contribution in [0.5, 0.6) is 5.75 Å². The average Bonchev–Trinajstić information content (AvgIpc) is 2.39. The number of aromatic hydroxyl groups is 1. The Morgan fingerprint density at radius 3 is 2.35 bits per heavy atom. The molecule has 0 aliphatic carbocycles. The normalized spacial score (nSPS) is 14.0. The molecule has 0 amide bonds. The van der Waals surface area contributed by atoms with Crippen molar-refractivity contribution in [3.63, 3.8) is 0 Å². The molecule has 0 radical (unpaired) electrons. The van der Waals surface area contributed by atoms with Crippen LogP contribution in [-0.2, 0) is 0 Å². The predicted octanol–water partition coefficient (Wildman–Crippen LogP) is 3.63. The van der Waals surface area contributed by atoms with Gasteiger partial charge < -0.3 is 15.3 Å². The molecule has 114 valence electrons. The van der Waals surface area contributed by atoms with Gasteiger partial charge in [0.15, 0.2) is 0 Å². The Hall–Kier alpha value is -1.22. The van der Waals surface area contributed by atoms with E-state index in [4.69, 9.17) is 0 Å². The molecular weight excluding hydrogens is 248 g/mol. The van der Waals surface area contributed by atoms with Crippen LogP contribution in [0.2, 0.25) is 0 Å². The Kier molecular flexibility index (Phi) is 6.86. The van der Waals surface area contributed by atoms with Gasteiger partial charge in [0.2, 0.25) is 0 Å². The highest BCUT2D eigenvalue weighted by atomic mass is 16.3. The summed E-state index contributed by atoms with van der Waals surface area (Å²) in [6, 6.07) is 7.44. The van der Waals surface area contributed by atoms with Gasteiger partial charge in [-0.15, -0.1) is 0 Å². The molecular formula is C17H30N2O. The molecule has 0 heterocycles. The summed E-state index contributed by atoms with van der Waals surface area (Å²) in [5, 5.41) is 12.9. The third kappa shape index (κ3) is 5.41. The molecule has 0 aromatic heterocycles. The number of benzene rings is 1. The van der Waals surface area contributed by atoms with Gasteiger partial charge in [0.1, 0.15) is 5.75 Å². The van der Waals surface area contributed by atoms with E-state index >= 15 is 0 Å². The SMILES string of the molecule is CCCNCC(C)(CCC)CN(C)c1ccc(O)cc1. The fourth-order valence-electron chi connectivity index (χ4n) is 2.76. The van der Waals surface area contributed by atoms with Crippen LogP contribution in [0, 0.1) is 5.41 Å². The molecule has 0 saturated heterocycles. The van der Waals surface area contributed by atoms with Crippen LogP contribution < -0.4 is 10.2 Å². The lowest BCUT2D eigenvalue weighted by atomic mass is 9.84. The van der Waals surface area contributed by atoms with Crippen molar-refractivity contribution in [2.45, 2.75) is 40.0 Å². The molecule has 0 aliphatic heterocycles. The molecule has 0 bridgehead atoms. The van der Waals surface area contributed by atoms with Crippen LogP contribution in [0.1, 0.15) is 40.0 Å². The van der Waals surface area contributed by atoms with E-state index in [9.17, 15) is 5.11 Å². The Morgan fingerprint density at radius 2 is 1.80 bits per heavy atom. The summed E-state index contributed by atoms with van der Waals surface area (Å²) >= 11 is 0. The van der Waals surface area contributed by atoms with E-state index in [1.807, 2.05) is 12.1 Å². The van der Waals surface area contributed by atoms with Crippen molar-refractivity contribution in [3.05, 3.63) is 24.3 Å². The van der Waals surface area contributed by atoms with Gasteiger partial charge in [0.25, 0.3) is 0 Å². The van der Waals surface area contributed by atoms with E-state index < -0.39 is 0 Å². The molecule has 20 heavy (non-hydrogen) atoms. The molecule has 3 heteroatoms. The van der Waals surface area contributed by atoms with Gasteiger partial charge in [-0.25, -0.2) is 0 Å². The Bertz CT molecular complexity index is 377. The number of phenols is 1. The van der Waals surface area contributed by atoms with Crippen LogP contribution in [0.3, 0.4) is 0 Å². The first-order chi connectivity index (χ1) is 9.50. The van der Waals surface area contributed by atoms with Gasteiger partial charge in [0.05, 0.1) is 0 Å². The first-order valence-corrected chi connectivity index (χ1v) is 7.71. The summed E-state index contributed by atoms with van der Waals surface area (Å²) in [4.78, 5) is 2.28. The first-order valence-electron chi connectivity index (χ1n) is 7.71. The number of phenolic OH excluding ortho intramolecular Hbond substituents is 1. The van der Waals surface area contributed by atoms with Crippen molar-refractivity contribution in [1.29, 1.82) is 0 Å². The predicted molar refractivity (Wildman–Crippen MR) is 87.6 cm³/mol. The average molecular weight is 278 g/mol. The van der Waals surface area contributed by atoms with Gasteiger partial charge in [-0.1, -0.05) is 27.2 Å². The second-order valence-corrected chi connectivity index (χ2v) is 6.11. The van der Waals surface area contributed by atoms with Gasteiger partial charge in [-0.3, -0.25) is 0 Å². The van der Waals surface area contributed by atoms with E-state index in [2.05, 4.69) is 38.0 Å². The zero-order valence-corrected chi connectivity index (χ0v) is 13.4. The second kappa shape index (κ2) is 8.15. The zero-order valence-electron chi connectivity index (χ0n) is 13.4. The third-order valence-corrected chi connectivity index (χ3v) is 3.74. The molecule has 1 aromatic carbocycles. The van der Waals surface area contributed by atoms with E-state index in [0.29, 0.717) is 5.75 Å². The Balaban J connectivity index is 2.65. The van der Waals surface area contributed by atoms with Crippen LogP contribution in [-0.4, -0.2) is 31.8 Å². The summed E-state index contributed by atoms with van der Waals surface area (Å²) in [6.45, 7) is 9.96. The highest BCUT2D eigenvalue weighted by Gasteiger charge is 2.24. The maximum absolute atomic E-state index is 9.37. The number of hydrogen-bond acceptors (Lipinski definition) is 3. The van der Waals surface area contributed by atoms with Crippen molar-refractivity contribution < 1.29 is 5.11 Å². The lowest BCUT2D eigenvalue weighted by Crippen LogP contribution is -2.41. The molecule has 3 nitrogen and oxygen atoms in total. The fraction of sp³-hybridized carbons (Fsp3) is 0.647. The number of hydrogen-bond donors (Lipinski definition) is 2. The molecule has 1 atom stereocenters. The fourth-order valence-corrected chi connectivity index (χ4v) is 2.76. The summed E-state index contributed by atoms with van der Waals surface area (Å²) in [6.07, 6.45) is 3.59. The first kappa shape index (κ1) is 16.8. The summed E-state index contributed by atoms with van der Waals surface area (Å²) < 4.78 is 0. The monoisotopic (exact) mass is 278 g/mol. The maximum Gasteiger partial charge on any atom is 0.115 e. The van der Waals surface area contributed by atoms with Crippen molar-refractivity contribution in [3.8, 4) is 5.75 Å². The largest absolute Gasteiger partial charge is 0.508 e. The summed E-state index contributed by atoms with van der Waals surface area (Å²) in [5.41, 5.74) is 1.43. The molecule has 1 aromatic rings. The summed E-state index contributed by atoms with van der Waals surface area (Å²) in [7, 11) is 2.13.